The zero-order valence-electron chi connectivity index (χ0n) is 13.8. The van der Waals surface area contributed by atoms with Crippen molar-refractivity contribution in [2.45, 2.75) is 26.8 Å². The molecule has 0 heterocycles. The maximum atomic E-state index is 12.3. The van der Waals surface area contributed by atoms with Crippen molar-refractivity contribution < 1.29 is 14.7 Å². The van der Waals surface area contributed by atoms with E-state index in [1.165, 1.54) is 18.2 Å². The Morgan fingerprint density at radius 2 is 2.04 bits per heavy atom. The normalized spacial score (nSPS) is 12.5. The monoisotopic (exact) mass is 331 g/mol. The van der Waals surface area contributed by atoms with E-state index in [0.717, 1.165) is 11.3 Å². The zero-order chi connectivity index (χ0) is 18.3. The van der Waals surface area contributed by atoms with Crippen LogP contribution in [0.5, 0.6) is 0 Å². The highest BCUT2D eigenvalue weighted by atomic mass is 16.4. The first-order valence-corrected chi connectivity index (χ1v) is 7.18. The quantitative estimate of drug-likeness (QED) is 0.201. The Kier molecular flexibility index (Phi) is 6.34. The zero-order valence-corrected chi connectivity index (χ0v) is 13.8. The number of hydrogen-bond acceptors (Lipinski definition) is 5. The summed E-state index contributed by atoms with van der Waals surface area (Å²) >= 11 is 0. The molecule has 0 aliphatic rings. The van der Waals surface area contributed by atoms with Gasteiger partial charge in [-0.15, -0.1) is 0 Å². The summed E-state index contributed by atoms with van der Waals surface area (Å²) in [6.45, 7) is 5.76. The van der Waals surface area contributed by atoms with Crippen LogP contribution in [-0.4, -0.2) is 29.4 Å². The van der Waals surface area contributed by atoms with Crippen LogP contribution in [0.4, 0.5) is 5.69 Å². The van der Waals surface area contributed by atoms with Gasteiger partial charge in [0.1, 0.15) is 12.4 Å². The summed E-state index contributed by atoms with van der Waals surface area (Å²) in [5.74, 6) is -1.74. The van der Waals surface area contributed by atoms with E-state index >= 15 is 0 Å². The number of nitrogens with zero attached hydrogens (tertiary/aromatic N) is 2. The number of allylic oxidation sites excluding steroid dienone is 1. The minimum absolute atomic E-state index is 0.207. The number of carbonyl (C=O) groups excluding carboxylic acids is 1. The molecule has 4 N–H and O–H groups in total. The van der Waals surface area contributed by atoms with E-state index in [2.05, 4.69) is 10.5 Å². The molecular formula is C16H21N5O3. The summed E-state index contributed by atoms with van der Waals surface area (Å²) in [4.78, 5) is 23.6. The van der Waals surface area contributed by atoms with Crippen LogP contribution in [0.25, 0.3) is 0 Å². The van der Waals surface area contributed by atoms with E-state index < -0.39 is 17.9 Å². The summed E-state index contributed by atoms with van der Waals surface area (Å²) in [5, 5.41) is 22.9. The number of nitrogens with one attached hydrogen (secondary N) is 3. The second kappa shape index (κ2) is 8.00. The fraction of sp³-hybridized carbons (Fsp3) is 0.312. The van der Waals surface area contributed by atoms with E-state index in [4.69, 9.17) is 10.9 Å². The van der Waals surface area contributed by atoms with Gasteiger partial charge in [0, 0.05) is 5.56 Å². The molecule has 0 aliphatic carbocycles. The average Bonchev–Trinajstić information content (AvgIpc) is 2.51. The molecule has 8 heteroatoms. The molecule has 1 aromatic rings. The smallest absolute Gasteiger partial charge is 0.330 e. The van der Waals surface area contributed by atoms with Crippen molar-refractivity contribution in [1.82, 2.24) is 5.32 Å². The maximum Gasteiger partial charge on any atom is 0.330 e. The van der Waals surface area contributed by atoms with Crippen LogP contribution in [0.1, 0.15) is 31.1 Å². The van der Waals surface area contributed by atoms with Gasteiger partial charge in [-0.25, -0.2) is 9.80 Å². The molecule has 0 aliphatic heterocycles. The lowest BCUT2D eigenvalue weighted by atomic mass is 9.95. The number of benzene rings is 1. The summed E-state index contributed by atoms with van der Waals surface area (Å²) in [6, 6.07) is 4.92. The minimum atomic E-state index is -1.16. The number of anilines is 1. The Morgan fingerprint density at radius 3 is 2.54 bits per heavy atom. The van der Waals surface area contributed by atoms with Gasteiger partial charge >= 0.3 is 5.97 Å². The number of carboxylic acid groups (broad SMARTS) is 1. The standard InChI is InChI=1S/C16H21N5O3/c1-16(2,3)8-7-13(15(23)24)19-14(22)11-5-4-6-12(9-11)21(10-17)20-18/h4-10,13,17-18H,1-3H3,(H,19,22)(H,23,24)/b8-7+,17-10?,20-18?/t13-/m1/s1. The molecule has 0 bridgehead atoms. The molecule has 0 unspecified atom stereocenters. The minimum Gasteiger partial charge on any atom is -0.479 e. The first kappa shape index (κ1) is 19.0. The van der Waals surface area contributed by atoms with Crippen molar-refractivity contribution in [3.05, 3.63) is 42.0 Å². The van der Waals surface area contributed by atoms with Gasteiger partial charge < -0.3 is 10.4 Å². The third-order valence-electron chi connectivity index (χ3n) is 2.94. The van der Waals surface area contributed by atoms with Crippen molar-refractivity contribution in [3.8, 4) is 0 Å². The fourth-order valence-corrected chi connectivity index (χ4v) is 1.75. The molecule has 8 nitrogen and oxygen atoms in total. The molecule has 24 heavy (non-hydrogen) atoms. The van der Waals surface area contributed by atoms with Crippen molar-refractivity contribution in [2.24, 2.45) is 10.6 Å². The lowest BCUT2D eigenvalue weighted by Gasteiger charge is -2.16. The van der Waals surface area contributed by atoms with Crippen LogP contribution in [0.2, 0.25) is 0 Å². The van der Waals surface area contributed by atoms with Gasteiger partial charge in [-0.2, -0.15) is 5.53 Å². The number of amides is 1. The molecule has 1 amide bonds. The Morgan fingerprint density at radius 1 is 1.38 bits per heavy atom. The molecule has 0 saturated heterocycles. The summed E-state index contributed by atoms with van der Waals surface area (Å²) in [7, 11) is 0. The Balaban J connectivity index is 2.98. The highest BCUT2D eigenvalue weighted by Crippen LogP contribution is 2.17. The number of rotatable bonds is 7. The van der Waals surface area contributed by atoms with E-state index in [9.17, 15) is 14.7 Å². The second-order valence-electron chi connectivity index (χ2n) is 6.14. The largest absolute Gasteiger partial charge is 0.479 e. The summed E-state index contributed by atoms with van der Waals surface area (Å²) in [6.07, 6.45) is 3.99. The molecule has 0 spiro atoms. The first-order valence-electron chi connectivity index (χ1n) is 7.18. The molecule has 1 rings (SSSR count). The highest BCUT2D eigenvalue weighted by Gasteiger charge is 2.19. The summed E-state index contributed by atoms with van der Waals surface area (Å²) in [5.41, 5.74) is 7.32. The Bertz CT molecular complexity index is 656. The molecule has 1 aromatic carbocycles. The molecule has 0 saturated carbocycles. The Labute approximate surface area is 140 Å². The maximum absolute atomic E-state index is 12.3. The number of aliphatic carboxylic acids is 1. The van der Waals surface area contributed by atoms with Gasteiger partial charge in [0.2, 0.25) is 0 Å². The van der Waals surface area contributed by atoms with Gasteiger partial charge in [0.25, 0.3) is 5.91 Å². The van der Waals surface area contributed by atoms with Gasteiger partial charge in [-0.05, 0) is 23.6 Å². The van der Waals surface area contributed by atoms with Crippen LogP contribution in [0.3, 0.4) is 0 Å². The molecule has 0 radical (unpaired) electrons. The van der Waals surface area contributed by atoms with Crippen LogP contribution < -0.4 is 10.3 Å². The van der Waals surface area contributed by atoms with Crippen molar-refractivity contribution >= 4 is 23.9 Å². The molecule has 1 atom stereocenters. The van der Waals surface area contributed by atoms with Crippen molar-refractivity contribution in [3.63, 3.8) is 0 Å². The first-order chi connectivity index (χ1) is 11.2. The predicted octanol–water partition coefficient (Wildman–Crippen LogP) is 2.83. The van der Waals surface area contributed by atoms with E-state index in [1.807, 2.05) is 20.8 Å². The molecule has 128 valence electrons. The van der Waals surface area contributed by atoms with Crippen LogP contribution >= 0.6 is 0 Å². The topological polar surface area (TPSA) is 130 Å². The molecule has 0 fully saturated rings. The van der Waals surface area contributed by atoms with Crippen LogP contribution in [-0.2, 0) is 4.79 Å². The second-order valence-corrected chi connectivity index (χ2v) is 6.14. The van der Waals surface area contributed by atoms with E-state index in [1.54, 1.807) is 18.2 Å². The van der Waals surface area contributed by atoms with Gasteiger partial charge in [0.15, 0.2) is 0 Å². The number of carboxylic acids is 1. The van der Waals surface area contributed by atoms with Gasteiger partial charge in [-0.3, -0.25) is 10.2 Å². The number of hydrogen-bond donors (Lipinski definition) is 4. The van der Waals surface area contributed by atoms with Gasteiger partial charge in [0.05, 0.1) is 5.69 Å². The SMILES string of the molecule is CC(C)(C)/C=C/[C@@H](NC(=O)c1cccc(N(C=N)N=N)c1)C(=O)O. The molecule has 0 aromatic heterocycles. The average molecular weight is 331 g/mol. The van der Waals surface area contributed by atoms with Crippen molar-refractivity contribution in [1.29, 1.82) is 10.9 Å². The Hall–Kier alpha value is -3.03. The summed E-state index contributed by atoms with van der Waals surface area (Å²) < 4.78 is 0. The molecular weight excluding hydrogens is 310 g/mol. The van der Waals surface area contributed by atoms with Crippen LogP contribution in [0, 0.1) is 16.4 Å². The predicted molar refractivity (Wildman–Crippen MR) is 90.3 cm³/mol. The van der Waals surface area contributed by atoms with Crippen molar-refractivity contribution in [2.75, 3.05) is 5.01 Å². The lowest BCUT2D eigenvalue weighted by molar-refractivity contribution is -0.137. The van der Waals surface area contributed by atoms with Gasteiger partial charge in [-0.1, -0.05) is 44.2 Å². The third kappa shape index (κ3) is 5.64. The van der Waals surface area contributed by atoms with Crippen LogP contribution in [0.15, 0.2) is 41.6 Å². The fourth-order valence-electron chi connectivity index (χ4n) is 1.75. The number of carbonyl (C=O) groups is 2. The van der Waals surface area contributed by atoms with E-state index in [0.29, 0.717) is 5.69 Å². The van der Waals surface area contributed by atoms with E-state index in [-0.39, 0.29) is 11.0 Å². The highest BCUT2D eigenvalue weighted by molar-refractivity contribution is 5.98. The third-order valence-corrected chi connectivity index (χ3v) is 2.94. The lowest BCUT2D eigenvalue weighted by Crippen LogP contribution is -2.39.